The maximum Gasteiger partial charge on any atom is 0.339 e. The van der Waals surface area contributed by atoms with Crippen LogP contribution in [-0.4, -0.2) is 25.7 Å². The lowest BCUT2D eigenvalue weighted by Crippen LogP contribution is -2.14. The topological polar surface area (TPSA) is 61.8 Å². The van der Waals surface area contributed by atoms with Gasteiger partial charge < -0.3 is 14.2 Å². The third-order valence-electron chi connectivity index (χ3n) is 6.10. The first kappa shape index (κ1) is 28.4. The van der Waals surface area contributed by atoms with Crippen molar-refractivity contribution in [2.75, 3.05) is 13.7 Å². The van der Waals surface area contributed by atoms with Crippen molar-refractivity contribution < 1.29 is 23.8 Å². The Balaban J connectivity index is 1.64. The minimum Gasteiger partial charge on any atom is -0.497 e. The largest absolute Gasteiger partial charge is 0.497 e. The van der Waals surface area contributed by atoms with Crippen molar-refractivity contribution in [3.63, 3.8) is 0 Å². The third kappa shape index (κ3) is 11.4. The Hall–Kier alpha value is -2.82. The number of methoxy groups -OCH3 is 1. The molecule has 0 bridgehead atoms. The molecule has 0 heterocycles. The number of esters is 2. The van der Waals surface area contributed by atoms with E-state index in [4.69, 9.17) is 14.2 Å². The Morgan fingerprint density at radius 3 is 1.77 bits per heavy atom. The van der Waals surface area contributed by atoms with Gasteiger partial charge in [-0.1, -0.05) is 102 Å². The molecule has 0 saturated carbocycles. The van der Waals surface area contributed by atoms with Crippen LogP contribution in [-0.2, 0) is 16.1 Å². The van der Waals surface area contributed by atoms with Gasteiger partial charge >= 0.3 is 11.9 Å². The molecule has 0 N–H and O–H groups in total. The van der Waals surface area contributed by atoms with Crippen LogP contribution in [0.1, 0.15) is 110 Å². The monoisotopic (exact) mass is 482 g/mol. The van der Waals surface area contributed by atoms with Gasteiger partial charge in [0, 0.05) is 0 Å². The van der Waals surface area contributed by atoms with Gasteiger partial charge in [-0.05, 0) is 36.2 Å². The summed E-state index contributed by atoms with van der Waals surface area (Å²) in [6, 6.07) is 14.0. The molecule has 5 nitrogen and oxygen atoms in total. The summed E-state index contributed by atoms with van der Waals surface area (Å²) >= 11 is 0. The predicted molar refractivity (Wildman–Crippen MR) is 140 cm³/mol. The van der Waals surface area contributed by atoms with Gasteiger partial charge in [-0.25, -0.2) is 9.59 Å². The van der Waals surface area contributed by atoms with E-state index in [0.717, 1.165) is 18.4 Å². The molecule has 0 spiro atoms. The Kier molecular flexibility index (Phi) is 14.3. The van der Waals surface area contributed by atoms with Crippen molar-refractivity contribution in [1.82, 2.24) is 0 Å². The smallest absolute Gasteiger partial charge is 0.339 e. The number of ether oxygens (including phenoxy) is 3. The highest BCUT2D eigenvalue weighted by Crippen LogP contribution is 2.17. The lowest BCUT2D eigenvalue weighted by Gasteiger charge is -2.10. The number of carbonyl (C=O) groups excluding carboxylic acids is 2. The zero-order valence-electron chi connectivity index (χ0n) is 21.6. The van der Waals surface area contributed by atoms with Gasteiger partial charge in [0.15, 0.2) is 0 Å². The van der Waals surface area contributed by atoms with Crippen LogP contribution in [0.3, 0.4) is 0 Å². The molecule has 2 aromatic carbocycles. The molecule has 0 amide bonds. The SMILES string of the molecule is CCCCCCCCCCCCCCOC(=O)c1ccccc1C(=O)OCc1cccc(OC)c1. The van der Waals surface area contributed by atoms with Crippen LogP contribution in [0, 0.1) is 0 Å². The maximum absolute atomic E-state index is 12.6. The molecular weight excluding hydrogens is 440 g/mol. The molecule has 0 fully saturated rings. The summed E-state index contributed by atoms with van der Waals surface area (Å²) in [6.45, 7) is 2.71. The molecule has 0 aliphatic rings. The zero-order valence-corrected chi connectivity index (χ0v) is 21.6. The fourth-order valence-corrected chi connectivity index (χ4v) is 4.01. The average molecular weight is 483 g/mol. The molecule has 0 unspecified atom stereocenters. The van der Waals surface area contributed by atoms with Crippen molar-refractivity contribution in [2.24, 2.45) is 0 Å². The number of benzene rings is 2. The number of unbranched alkanes of at least 4 members (excludes halogenated alkanes) is 11. The summed E-state index contributed by atoms with van der Waals surface area (Å²) in [4.78, 5) is 25.2. The second-order valence-electron chi connectivity index (χ2n) is 9.00. The molecule has 0 saturated heterocycles. The van der Waals surface area contributed by atoms with E-state index >= 15 is 0 Å². The van der Waals surface area contributed by atoms with Crippen LogP contribution in [0.15, 0.2) is 48.5 Å². The predicted octanol–water partition coefficient (Wildman–Crippen LogP) is 7.91. The van der Waals surface area contributed by atoms with E-state index in [2.05, 4.69) is 6.92 Å². The second-order valence-corrected chi connectivity index (χ2v) is 9.00. The van der Waals surface area contributed by atoms with Gasteiger partial charge in [-0.2, -0.15) is 0 Å². The molecule has 0 aliphatic carbocycles. The molecule has 5 heteroatoms. The van der Waals surface area contributed by atoms with Gasteiger partial charge in [0.25, 0.3) is 0 Å². The van der Waals surface area contributed by atoms with Crippen LogP contribution in [0.5, 0.6) is 5.75 Å². The Morgan fingerprint density at radius 2 is 1.20 bits per heavy atom. The summed E-state index contributed by atoms with van der Waals surface area (Å²) in [5.41, 5.74) is 1.27. The molecule has 0 atom stereocenters. The standard InChI is InChI=1S/C30H42O5/c1-3-4-5-6-7-8-9-10-11-12-13-16-22-34-29(31)27-20-14-15-21-28(27)30(32)35-24-25-18-17-19-26(23-25)33-2/h14-15,17-21,23H,3-13,16,22,24H2,1-2H3. The first-order valence-corrected chi connectivity index (χ1v) is 13.2. The van der Waals surface area contributed by atoms with E-state index in [0.29, 0.717) is 12.4 Å². The normalized spacial score (nSPS) is 10.7. The fourth-order valence-electron chi connectivity index (χ4n) is 4.01. The number of hydrogen-bond donors (Lipinski definition) is 0. The van der Waals surface area contributed by atoms with E-state index in [1.54, 1.807) is 31.4 Å². The Bertz CT molecular complexity index is 877. The average Bonchev–Trinajstić information content (AvgIpc) is 2.90. The fraction of sp³-hybridized carbons (Fsp3) is 0.533. The van der Waals surface area contributed by atoms with Crippen molar-refractivity contribution in [3.8, 4) is 5.75 Å². The molecular formula is C30H42O5. The van der Waals surface area contributed by atoms with Crippen molar-refractivity contribution in [2.45, 2.75) is 90.6 Å². The molecule has 0 aromatic heterocycles. The minimum absolute atomic E-state index is 0.0955. The molecule has 2 aromatic rings. The van der Waals surface area contributed by atoms with Crippen LogP contribution < -0.4 is 4.74 Å². The number of carbonyl (C=O) groups is 2. The van der Waals surface area contributed by atoms with E-state index in [9.17, 15) is 9.59 Å². The van der Waals surface area contributed by atoms with Crippen molar-refractivity contribution >= 4 is 11.9 Å². The lowest BCUT2D eigenvalue weighted by molar-refractivity contribution is 0.0436. The highest BCUT2D eigenvalue weighted by Gasteiger charge is 2.19. The van der Waals surface area contributed by atoms with E-state index in [1.165, 1.54) is 64.2 Å². The molecule has 2 rings (SSSR count). The lowest BCUT2D eigenvalue weighted by atomic mass is 10.1. The minimum atomic E-state index is -0.550. The van der Waals surface area contributed by atoms with Gasteiger partial charge in [-0.15, -0.1) is 0 Å². The first-order valence-electron chi connectivity index (χ1n) is 13.2. The van der Waals surface area contributed by atoms with E-state index in [-0.39, 0.29) is 17.7 Å². The Labute approximate surface area is 211 Å². The second kappa shape index (κ2) is 17.6. The zero-order chi connectivity index (χ0) is 25.1. The van der Waals surface area contributed by atoms with E-state index in [1.807, 2.05) is 24.3 Å². The maximum atomic E-state index is 12.6. The van der Waals surface area contributed by atoms with Crippen LogP contribution in [0.4, 0.5) is 0 Å². The molecule has 0 aliphatic heterocycles. The molecule has 35 heavy (non-hydrogen) atoms. The van der Waals surface area contributed by atoms with Crippen molar-refractivity contribution in [3.05, 3.63) is 65.2 Å². The Morgan fingerprint density at radius 1 is 0.657 bits per heavy atom. The summed E-state index contributed by atoms with van der Waals surface area (Å²) in [6.07, 6.45) is 15.1. The highest BCUT2D eigenvalue weighted by atomic mass is 16.5. The van der Waals surface area contributed by atoms with Gasteiger partial charge in [-0.3, -0.25) is 0 Å². The van der Waals surface area contributed by atoms with Gasteiger partial charge in [0.1, 0.15) is 12.4 Å². The summed E-state index contributed by atoms with van der Waals surface area (Å²) in [5.74, 6) is -0.340. The van der Waals surface area contributed by atoms with E-state index < -0.39 is 11.9 Å². The summed E-state index contributed by atoms with van der Waals surface area (Å²) in [5, 5.41) is 0. The van der Waals surface area contributed by atoms with Crippen LogP contribution in [0.2, 0.25) is 0 Å². The van der Waals surface area contributed by atoms with Gasteiger partial charge in [0.05, 0.1) is 24.8 Å². The summed E-state index contributed by atoms with van der Waals surface area (Å²) in [7, 11) is 1.59. The van der Waals surface area contributed by atoms with Crippen LogP contribution >= 0.6 is 0 Å². The quantitative estimate of drug-likeness (QED) is 0.160. The molecule has 0 radical (unpaired) electrons. The van der Waals surface area contributed by atoms with Crippen molar-refractivity contribution in [1.29, 1.82) is 0 Å². The first-order chi connectivity index (χ1) is 17.2. The van der Waals surface area contributed by atoms with Crippen LogP contribution in [0.25, 0.3) is 0 Å². The van der Waals surface area contributed by atoms with Gasteiger partial charge in [0.2, 0.25) is 0 Å². The third-order valence-corrected chi connectivity index (χ3v) is 6.10. The highest BCUT2D eigenvalue weighted by molar-refractivity contribution is 6.03. The molecule has 192 valence electrons. The number of rotatable bonds is 18. The summed E-state index contributed by atoms with van der Waals surface area (Å²) < 4.78 is 16.1. The number of hydrogen-bond acceptors (Lipinski definition) is 5.